The maximum Gasteiger partial charge on any atom is 0.250 e. The molecular formula is C48H43N4Si+. The Hall–Kier alpha value is -6.04. The van der Waals surface area contributed by atoms with Crippen LogP contribution in [0.2, 0.25) is 13.1 Å². The molecule has 0 aliphatic rings. The zero-order chi connectivity index (χ0) is 36.3. The lowest BCUT2D eigenvalue weighted by atomic mass is 9.95. The van der Waals surface area contributed by atoms with Gasteiger partial charge in [-0.05, 0) is 91.6 Å². The van der Waals surface area contributed by atoms with E-state index in [0.717, 1.165) is 16.9 Å². The molecule has 9 aromatic rings. The number of para-hydroxylation sites is 3. The summed E-state index contributed by atoms with van der Waals surface area (Å²) in [4.78, 5) is 5.02. The summed E-state index contributed by atoms with van der Waals surface area (Å²) in [6.07, 6.45) is 4.22. The highest BCUT2D eigenvalue weighted by Crippen LogP contribution is 2.35. The van der Waals surface area contributed by atoms with Crippen LogP contribution >= 0.6 is 0 Å². The SMILES string of the molecule is CC(C)(C)[n+]1cn(-c2cccc([Si](C)(C)c3ccc4c5ccccc5n(-c5cc(-c6ccccc6-c6ccccc6)ccn5)c4c3)c2)c2ccccc21. The predicted octanol–water partition coefficient (Wildman–Crippen LogP) is 10.3. The highest BCUT2D eigenvalue weighted by atomic mass is 28.3. The monoisotopic (exact) mass is 703 g/mol. The molecule has 0 saturated heterocycles. The van der Waals surface area contributed by atoms with Crippen molar-refractivity contribution in [3.05, 3.63) is 170 Å². The molecule has 0 fully saturated rings. The molecule has 0 N–H and O–H groups in total. The van der Waals surface area contributed by atoms with Crippen molar-refractivity contribution in [3.63, 3.8) is 0 Å². The number of imidazole rings is 1. The molecule has 4 nitrogen and oxygen atoms in total. The van der Waals surface area contributed by atoms with E-state index in [9.17, 15) is 0 Å². The Kier molecular flexibility index (Phi) is 7.79. The van der Waals surface area contributed by atoms with E-state index in [1.807, 2.05) is 6.20 Å². The molecule has 0 bridgehead atoms. The number of aromatic nitrogens is 4. The second-order valence-corrected chi connectivity index (χ2v) is 20.0. The predicted molar refractivity (Wildman–Crippen MR) is 225 cm³/mol. The summed E-state index contributed by atoms with van der Waals surface area (Å²) < 4.78 is 7.10. The van der Waals surface area contributed by atoms with Gasteiger partial charge in [-0.25, -0.2) is 9.55 Å². The summed E-state index contributed by atoms with van der Waals surface area (Å²) in [5, 5.41) is 5.26. The van der Waals surface area contributed by atoms with E-state index in [4.69, 9.17) is 4.98 Å². The fourth-order valence-corrected chi connectivity index (χ4v) is 10.3. The van der Waals surface area contributed by atoms with Crippen molar-refractivity contribution in [2.45, 2.75) is 39.4 Å². The molecule has 0 aliphatic carbocycles. The largest absolute Gasteiger partial charge is 0.294 e. The van der Waals surface area contributed by atoms with Crippen LogP contribution in [-0.4, -0.2) is 22.2 Å². The molecule has 0 radical (unpaired) electrons. The molecule has 9 rings (SSSR count). The molecule has 0 saturated carbocycles. The van der Waals surface area contributed by atoms with Crippen LogP contribution in [0, 0.1) is 0 Å². The van der Waals surface area contributed by atoms with Gasteiger partial charge in [0.1, 0.15) is 25.1 Å². The summed E-state index contributed by atoms with van der Waals surface area (Å²) in [5.41, 5.74) is 10.7. The fourth-order valence-electron chi connectivity index (χ4n) is 7.98. The first-order chi connectivity index (χ1) is 25.7. The highest BCUT2D eigenvalue weighted by Gasteiger charge is 2.30. The first kappa shape index (κ1) is 32.8. The minimum Gasteiger partial charge on any atom is -0.294 e. The van der Waals surface area contributed by atoms with Crippen LogP contribution in [0.3, 0.4) is 0 Å². The van der Waals surface area contributed by atoms with Crippen LogP contribution in [0.15, 0.2) is 170 Å². The van der Waals surface area contributed by atoms with E-state index < -0.39 is 8.07 Å². The molecule has 53 heavy (non-hydrogen) atoms. The van der Waals surface area contributed by atoms with Crippen molar-refractivity contribution >= 4 is 51.3 Å². The average Bonchev–Trinajstić information content (AvgIpc) is 3.75. The molecule has 5 heteroatoms. The van der Waals surface area contributed by atoms with Gasteiger partial charge < -0.3 is 0 Å². The van der Waals surface area contributed by atoms with Crippen molar-refractivity contribution in [2.75, 3.05) is 0 Å². The van der Waals surface area contributed by atoms with Crippen molar-refractivity contribution in [1.82, 2.24) is 14.1 Å². The Balaban J connectivity index is 1.17. The van der Waals surface area contributed by atoms with E-state index in [1.165, 1.54) is 60.1 Å². The van der Waals surface area contributed by atoms with Gasteiger partial charge in [-0.1, -0.05) is 133 Å². The van der Waals surface area contributed by atoms with Crippen molar-refractivity contribution < 1.29 is 4.57 Å². The number of fused-ring (bicyclic) bond motifs is 4. The minimum atomic E-state index is -2.17. The molecule has 3 aromatic heterocycles. The van der Waals surface area contributed by atoms with Crippen molar-refractivity contribution in [1.29, 1.82) is 0 Å². The average molecular weight is 704 g/mol. The second kappa shape index (κ2) is 12.6. The summed E-state index contributed by atoms with van der Waals surface area (Å²) in [6, 6.07) is 57.5. The number of pyridine rings is 1. The molecule has 6 aromatic carbocycles. The quantitative estimate of drug-likeness (QED) is 0.125. The number of rotatable bonds is 6. The van der Waals surface area contributed by atoms with Crippen LogP contribution in [-0.2, 0) is 5.54 Å². The molecule has 0 atom stereocenters. The summed E-state index contributed by atoms with van der Waals surface area (Å²) in [7, 11) is -2.17. The molecule has 3 heterocycles. The standard InChI is InChI=1S/C48H43N4Si/c1-48(2,3)51-33-50(44-24-13-14-25-45(44)51)36-18-15-19-37(31-36)53(4,5)38-26-27-42-41-22-11-12-23-43(41)52(46(42)32-38)47-30-35(28-29-49-47)40-21-10-9-20-39(40)34-16-7-6-8-17-34/h6-33H,1-5H3/q+1. The fraction of sp³-hybridized carbons (Fsp3) is 0.125. The lowest BCUT2D eigenvalue weighted by Gasteiger charge is -2.24. The van der Waals surface area contributed by atoms with E-state index in [-0.39, 0.29) is 5.54 Å². The Morgan fingerprint density at radius 3 is 2.00 bits per heavy atom. The van der Waals surface area contributed by atoms with Gasteiger partial charge in [-0.15, -0.1) is 0 Å². The van der Waals surface area contributed by atoms with E-state index >= 15 is 0 Å². The Morgan fingerprint density at radius 1 is 0.547 bits per heavy atom. The number of hydrogen-bond donors (Lipinski definition) is 0. The maximum atomic E-state index is 5.02. The zero-order valence-corrected chi connectivity index (χ0v) is 32.0. The van der Waals surface area contributed by atoms with Gasteiger partial charge in [0.15, 0.2) is 11.0 Å². The van der Waals surface area contributed by atoms with Crippen molar-refractivity contribution in [3.8, 4) is 33.8 Å². The first-order valence-corrected chi connectivity index (χ1v) is 21.5. The third-order valence-electron chi connectivity index (χ3n) is 10.9. The van der Waals surface area contributed by atoms with E-state index in [0.29, 0.717) is 0 Å². The first-order valence-electron chi connectivity index (χ1n) is 18.5. The van der Waals surface area contributed by atoms with Gasteiger partial charge in [0.25, 0.3) is 0 Å². The zero-order valence-electron chi connectivity index (χ0n) is 31.0. The summed E-state index contributed by atoms with van der Waals surface area (Å²) in [6.45, 7) is 11.7. The lowest BCUT2D eigenvalue weighted by molar-refractivity contribution is -0.731. The molecule has 0 spiro atoms. The van der Waals surface area contributed by atoms with Gasteiger partial charge in [0.2, 0.25) is 6.33 Å². The molecule has 0 aliphatic heterocycles. The Bertz CT molecular complexity index is 2800. The third kappa shape index (κ3) is 5.60. The molecular weight excluding hydrogens is 661 g/mol. The summed E-state index contributed by atoms with van der Waals surface area (Å²) >= 11 is 0. The second-order valence-electron chi connectivity index (χ2n) is 15.6. The van der Waals surface area contributed by atoms with E-state index in [2.05, 4.69) is 212 Å². The third-order valence-corrected chi connectivity index (χ3v) is 14.4. The molecule has 0 unspecified atom stereocenters. The lowest BCUT2D eigenvalue weighted by Crippen LogP contribution is -2.53. The van der Waals surface area contributed by atoms with Gasteiger partial charge >= 0.3 is 0 Å². The topological polar surface area (TPSA) is 26.6 Å². The Morgan fingerprint density at radius 2 is 1.21 bits per heavy atom. The molecule has 0 amide bonds. The molecule has 258 valence electrons. The summed E-state index contributed by atoms with van der Waals surface area (Å²) in [5.74, 6) is 0.918. The van der Waals surface area contributed by atoms with Gasteiger partial charge in [-0.3, -0.25) is 4.57 Å². The van der Waals surface area contributed by atoms with Crippen LogP contribution in [0.1, 0.15) is 20.8 Å². The smallest absolute Gasteiger partial charge is 0.250 e. The Labute approximate surface area is 312 Å². The number of nitrogens with zero attached hydrogens (tertiary/aromatic N) is 4. The van der Waals surface area contributed by atoms with Gasteiger partial charge in [-0.2, -0.15) is 4.57 Å². The van der Waals surface area contributed by atoms with Crippen molar-refractivity contribution in [2.24, 2.45) is 0 Å². The van der Waals surface area contributed by atoms with Crippen LogP contribution in [0.4, 0.5) is 0 Å². The number of hydrogen-bond acceptors (Lipinski definition) is 1. The normalized spacial score (nSPS) is 12.2. The van der Waals surface area contributed by atoms with E-state index in [1.54, 1.807) is 0 Å². The minimum absolute atomic E-state index is 0.0377. The van der Waals surface area contributed by atoms with Crippen LogP contribution < -0.4 is 14.9 Å². The van der Waals surface area contributed by atoms with Gasteiger partial charge in [0, 0.05) is 17.0 Å². The maximum absolute atomic E-state index is 5.02. The van der Waals surface area contributed by atoms with Crippen LogP contribution in [0.25, 0.3) is 66.6 Å². The van der Waals surface area contributed by atoms with Gasteiger partial charge in [0.05, 0.1) is 11.0 Å². The van der Waals surface area contributed by atoms with Crippen LogP contribution in [0.5, 0.6) is 0 Å². The number of benzene rings is 6. The highest BCUT2D eigenvalue weighted by molar-refractivity contribution is 7.00.